The maximum absolute atomic E-state index is 12.5. The second-order valence-electron chi connectivity index (χ2n) is 6.62. The molecule has 0 aliphatic carbocycles. The van der Waals surface area contributed by atoms with E-state index in [0.717, 1.165) is 37.4 Å². The number of nitrogens with zero attached hydrogens (tertiary/aromatic N) is 2. The summed E-state index contributed by atoms with van der Waals surface area (Å²) in [4.78, 5) is 16.6. The fraction of sp³-hybridized carbons (Fsp3) is 0.381. The third kappa shape index (κ3) is 4.60. The van der Waals surface area contributed by atoms with Crippen molar-refractivity contribution >= 4 is 11.6 Å². The Kier molecular flexibility index (Phi) is 5.71. The minimum Gasteiger partial charge on any atom is -0.378 e. The van der Waals surface area contributed by atoms with Gasteiger partial charge in [-0.25, -0.2) is 0 Å². The third-order valence-electron chi connectivity index (χ3n) is 4.76. The van der Waals surface area contributed by atoms with Crippen molar-refractivity contribution in [2.75, 3.05) is 38.3 Å². The van der Waals surface area contributed by atoms with E-state index in [1.54, 1.807) is 4.90 Å². The molecule has 2 aromatic rings. The van der Waals surface area contributed by atoms with Gasteiger partial charge in [-0.1, -0.05) is 36.4 Å². The van der Waals surface area contributed by atoms with Crippen LogP contribution >= 0.6 is 0 Å². The van der Waals surface area contributed by atoms with Gasteiger partial charge in [0.05, 0.1) is 19.6 Å². The number of ether oxygens (including phenoxy) is 1. The van der Waals surface area contributed by atoms with Crippen molar-refractivity contribution in [1.82, 2.24) is 4.90 Å². The zero-order chi connectivity index (χ0) is 17.6. The molecular formula is C21H26N2O2. The molecule has 1 fully saturated rings. The topological polar surface area (TPSA) is 32.8 Å². The third-order valence-corrected chi connectivity index (χ3v) is 4.76. The lowest BCUT2D eigenvalue weighted by molar-refractivity contribution is -0.129. The normalized spacial score (nSPS) is 14.4. The molecule has 0 saturated carbocycles. The summed E-state index contributed by atoms with van der Waals surface area (Å²) in [5.41, 5.74) is 4.64. The Balaban J connectivity index is 1.57. The highest BCUT2D eigenvalue weighted by atomic mass is 16.5. The molecule has 1 saturated heterocycles. The van der Waals surface area contributed by atoms with E-state index in [0.29, 0.717) is 13.0 Å². The zero-order valence-electron chi connectivity index (χ0n) is 15.1. The maximum Gasteiger partial charge on any atom is 0.227 e. The van der Waals surface area contributed by atoms with E-state index in [4.69, 9.17) is 4.74 Å². The summed E-state index contributed by atoms with van der Waals surface area (Å²) in [7, 11) is 1.87. The van der Waals surface area contributed by atoms with Gasteiger partial charge in [-0.3, -0.25) is 4.79 Å². The van der Waals surface area contributed by atoms with E-state index in [1.807, 2.05) is 38.2 Å². The SMILES string of the molecule is Cc1ccccc1CC(=O)N(C)Cc1ccc(N2CCOCC2)cc1. The number of morpholine rings is 1. The Morgan fingerprint density at radius 2 is 1.76 bits per heavy atom. The van der Waals surface area contributed by atoms with Crippen LogP contribution in [0.2, 0.25) is 0 Å². The van der Waals surface area contributed by atoms with Gasteiger partial charge < -0.3 is 14.5 Å². The zero-order valence-corrected chi connectivity index (χ0v) is 15.1. The maximum atomic E-state index is 12.5. The molecule has 132 valence electrons. The molecule has 3 rings (SSSR count). The van der Waals surface area contributed by atoms with Gasteiger partial charge in [0.25, 0.3) is 0 Å². The molecule has 0 spiro atoms. The summed E-state index contributed by atoms with van der Waals surface area (Å²) in [5.74, 6) is 0.145. The number of amides is 1. The number of hydrogen-bond acceptors (Lipinski definition) is 3. The van der Waals surface area contributed by atoms with Crippen LogP contribution in [-0.4, -0.2) is 44.2 Å². The number of benzene rings is 2. The van der Waals surface area contributed by atoms with Crippen LogP contribution in [0.4, 0.5) is 5.69 Å². The van der Waals surface area contributed by atoms with Gasteiger partial charge in [0.15, 0.2) is 0 Å². The average molecular weight is 338 g/mol. The van der Waals surface area contributed by atoms with Gasteiger partial charge in [0.2, 0.25) is 5.91 Å². The number of carbonyl (C=O) groups excluding carboxylic acids is 1. The summed E-state index contributed by atoms with van der Waals surface area (Å²) in [6, 6.07) is 16.6. The minimum absolute atomic E-state index is 0.145. The van der Waals surface area contributed by atoms with Crippen LogP contribution in [0.1, 0.15) is 16.7 Å². The molecule has 25 heavy (non-hydrogen) atoms. The highest BCUT2D eigenvalue weighted by molar-refractivity contribution is 5.78. The van der Waals surface area contributed by atoms with E-state index in [2.05, 4.69) is 29.2 Å². The minimum atomic E-state index is 0.145. The molecule has 2 aromatic carbocycles. The highest BCUT2D eigenvalue weighted by Gasteiger charge is 2.13. The predicted octanol–water partition coefficient (Wildman–Crippen LogP) is 3.03. The molecule has 4 nitrogen and oxygen atoms in total. The van der Waals surface area contributed by atoms with Crippen molar-refractivity contribution in [2.45, 2.75) is 19.9 Å². The molecule has 1 heterocycles. The van der Waals surface area contributed by atoms with Crippen LogP contribution in [-0.2, 0) is 22.5 Å². The molecule has 0 aromatic heterocycles. The Morgan fingerprint density at radius 1 is 1.08 bits per heavy atom. The van der Waals surface area contributed by atoms with Crippen molar-refractivity contribution in [1.29, 1.82) is 0 Å². The molecule has 0 atom stereocenters. The van der Waals surface area contributed by atoms with Crippen LogP contribution < -0.4 is 4.90 Å². The molecule has 0 N–H and O–H groups in total. The van der Waals surface area contributed by atoms with Crippen LogP contribution in [0, 0.1) is 6.92 Å². The van der Waals surface area contributed by atoms with E-state index >= 15 is 0 Å². The highest BCUT2D eigenvalue weighted by Crippen LogP contribution is 2.18. The second kappa shape index (κ2) is 8.17. The molecule has 0 unspecified atom stereocenters. The van der Waals surface area contributed by atoms with Gasteiger partial charge in [0.1, 0.15) is 0 Å². The Hall–Kier alpha value is -2.33. The van der Waals surface area contributed by atoms with Crippen molar-refractivity contribution in [3.63, 3.8) is 0 Å². The molecule has 0 bridgehead atoms. The molecule has 0 radical (unpaired) electrons. The molecule has 1 amide bonds. The van der Waals surface area contributed by atoms with Gasteiger partial charge >= 0.3 is 0 Å². The lowest BCUT2D eigenvalue weighted by atomic mass is 10.1. The Bertz CT molecular complexity index is 706. The van der Waals surface area contributed by atoms with Crippen molar-refractivity contribution in [3.05, 3.63) is 65.2 Å². The molecular weight excluding hydrogens is 312 g/mol. The number of likely N-dealkylation sites (N-methyl/N-ethyl adjacent to an activating group) is 1. The fourth-order valence-electron chi connectivity index (χ4n) is 3.10. The first kappa shape index (κ1) is 17.5. The van der Waals surface area contributed by atoms with Crippen molar-refractivity contribution in [3.8, 4) is 0 Å². The lowest BCUT2D eigenvalue weighted by Crippen LogP contribution is -2.36. The standard InChI is InChI=1S/C21H26N2O2/c1-17-5-3-4-6-19(17)15-21(24)22(2)16-18-7-9-20(10-8-18)23-11-13-25-14-12-23/h3-10H,11-16H2,1-2H3. The quantitative estimate of drug-likeness (QED) is 0.840. The fourth-order valence-corrected chi connectivity index (χ4v) is 3.10. The van der Waals surface area contributed by atoms with E-state index in [-0.39, 0.29) is 5.91 Å². The first-order chi connectivity index (χ1) is 12.1. The molecule has 1 aliphatic heterocycles. The van der Waals surface area contributed by atoms with Crippen LogP contribution in [0.15, 0.2) is 48.5 Å². The van der Waals surface area contributed by atoms with Crippen molar-refractivity contribution < 1.29 is 9.53 Å². The summed E-state index contributed by atoms with van der Waals surface area (Å²) >= 11 is 0. The van der Waals surface area contributed by atoms with E-state index in [9.17, 15) is 4.79 Å². The Morgan fingerprint density at radius 3 is 2.44 bits per heavy atom. The number of anilines is 1. The monoisotopic (exact) mass is 338 g/mol. The smallest absolute Gasteiger partial charge is 0.227 e. The van der Waals surface area contributed by atoms with E-state index < -0.39 is 0 Å². The number of hydrogen-bond donors (Lipinski definition) is 0. The van der Waals surface area contributed by atoms with Crippen LogP contribution in [0.25, 0.3) is 0 Å². The molecule has 1 aliphatic rings. The van der Waals surface area contributed by atoms with Gasteiger partial charge in [-0.05, 0) is 35.7 Å². The summed E-state index contributed by atoms with van der Waals surface area (Å²) in [5, 5.41) is 0. The van der Waals surface area contributed by atoms with Gasteiger partial charge in [-0.2, -0.15) is 0 Å². The number of aryl methyl sites for hydroxylation is 1. The number of carbonyl (C=O) groups is 1. The first-order valence-corrected chi connectivity index (χ1v) is 8.83. The van der Waals surface area contributed by atoms with Gasteiger partial charge in [0, 0.05) is 32.4 Å². The summed E-state index contributed by atoms with van der Waals surface area (Å²) in [6.45, 7) is 6.14. The largest absolute Gasteiger partial charge is 0.378 e. The Labute approximate surface area is 150 Å². The van der Waals surface area contributed by atoms with Gasteiger partial charge in [-0.15, -0.1) is 0 Å². The summed E-state index contributed by atoms with van der Waals surface area (Å²) < 4.78 is 5.40. The van der Waals surface area contributed by atoms with E-state index in [1.165, 1.54) is 11.3 Å². The number of rotatable bonds is 5. The second-order valence-corrected chi connectivity index (χ2v) is 6.62. The van der Waals surface area contributed by atoms with Crippen LogP contribution in [0.5, 0.6) is 0 Å². The van der Waals surface area contributed by atoms with Crippen molar-refractivity contribution in [2.24, 2.45) is 0 Å². The lowest BCUT2D eigenvalue weighted by Gasteiger charge is -2.29. The first-order valence-electron chi connectivity index (χ1n) is 8.83. The molecule has 4 heteroatoms. The average Bonchev–Trinajstić information content (AvgIpc) is 2.65. The summed E-state index contributed by atoms with van der Waals surface area (Å²) in [6.07, 6.45) is 0.453. The predicted molar refractivity (Wildman–Crippen MR) is 101 cm³/mol. The van der Waals surface area contributed by atoms with Crippen LogP contribution in [0.3, 0.4) is 0 Å².